The molecule has 2 heterocycles. The van der Waals surface area contributed by atoms with Crippen molar-refractivity contribution >= 4 is 51.1 Å². The lowest BCUT2D eigenvalue weighted by molar-refractivity contribution is 0.353. The molecule has 1 aromatic heterocycles. The van der Waals surface area contributed by atoms with Gasteiger partial charge >= 0.3 is 0 Å². The summed E-state index contributed by atoms with van der Waals surface area (Å²) in [5, 5.41) is 3.38. The molecular formula is C20H28IN3O3S2. The van der Waals surface area contributed by atoms with Crippen molar-refractivity contribution in [2.75, 3.05) is 33.0 Å². The second kappa shape index (κ2) is 9.65. The monoisotopic (exact) mass is 549 g/mol. The fraction of sp³-hybridized carbons (Fsp3) is 0.450. The van der Waals surface area contributed by atoms with Crippen molar-refractivity contribution in [2.24, 2.45) is 4.99 Å². The molecule has 0 saturated carbocycles. The first kappa shape index (κ1) is 23.9. The SMILES string of the molecule is CN=C(NCc1ccc(-c2ccc(OC)cc2)s1)N1CCS(=O)(=O)C(C)(C)C1.I. The van der Waals surface area contributed by atoms with E-state index in [1.54, 1.807) is 39.3 Å². The topological polar surface area (TPSA) is 71.0 Å². The summed E-state index contributed by atoms with van der Waals surface area (Å²) in [6, 6.07) is 12.2. The van der Waals surface area contributed by atoms with E-state index in [0.717, 1.165) is 17.3 Å². The summed E-state index contributed by atoms with van der Waals surface area (Å²) in [7, 11) is 0.328. The number of ether oxygens (including phenoxy) is 1. The van der Waals surface area contributed by atoms with Crippen molar-refractivity contribution in [1.82, 2.24) is 10.2 Å². The predicted molar refractivity (Wildman–Crippen MR) is 131 cm³/mol. The van der Waals surface area contributed by atoms with Gasteiger partial charge in [0.2, 0.25) is 0 Å². The Labute approximate surface area is 194 Å². The van der Waals surface area contributed by atoms with E-state index in [1.807, 2.05) is 17.0 Å². The number of hydrogen-bond donors (Lipinski definition) is 1. The number of hydrogen-bond acceptors (Lipinski definition) is 5. The second-order valence-electron chi connectivity index (χ2n) is 7.40. The molecule has 0 radical (unpaired) electrons. The molecule has 6 nitrogen and oxygen atoms in total. The largest absolute Gasteiger partial charge is 0.497 e. The molecular weight excluding hydrogens is 521 g/mol. The highest BCUT2D eigenvalue weighted by Gasteiger charge is 2.40. The van der Waals surface area contributed by atoms with Crippen molar-refractivity contribution < 1.29 is 13.2 Å². The highest BCUT2D eigenvalue weighted by molar-refractivity contribution is 14.0. The smallest absolute Gasteiger partial charge is 0.194 e. The van der Waals surface area contributed by atoms with E-state index >= 15 is 0 Å². The average molecular weight is 550 g/mol. The molecule has 160 valence electrons. The summed E-state index contributed by atoms with van der Waals surface area (Å²) >= 11 is 1.73. The quantitative estimate of drug-likeness (QED) is 0.359. The summed E-state index contributed by atoms with van der Waals surface area (Å²) in [6.07, 6.45) is 0. The molecule has 0 atom stereocenters. The average Bonchev–Trinajstić information content (AvgIpc) is 3.14. The van der Waals surface area contributed by atoms with Gasteiger partial charge in [-0.1, -0.05) is 0 Å². The second-order valence-corrected chi connectivity index (χ2v) is 11.3. The molecule has 29 heavy (non-hydrogen) atoms. The Hall–Kier alpha value is -1.33. The van der Waals surface area contributed by atoms with Gasteiger partial charge in [-0.05, 0) is 55.8 Å². The maximum atomic E-state index is 12.2. The highest BCUT2D eigenvalue weighted by atomic mass is 127. The summed E-state index contributed by atoms with van der Waals surface area (Å²) in [6.45, 7) is 5.12. The van der Waals surface area contributed by atoms with Crippen molar-refractivity contribution in [2.45, 2.75) is 25.1 Å². The molecule has 1 saturated heterocycles. The Morgan fingerprint density at radius 3 is 2.52 bits per heavy atom. The Morgan fingerprint density at radius 1 is 1.24 bits per heavy atom. The van der Waals surface area contributed by atoms with E-state index in [0.29, 0.717) is 19.6 Å². The maximum absolute atomic E-state index is 12.2. The third kappa shape index (κ3) is 5.43. The third-order valence-corrected chi connectivity index (χ3v) is 8.68. The minimum Gasteiger partial charge on any atom is -0.497 e. The van der Waals surface area contributed by atoms with Gasteiger partial charge in [-0.25, -0.2) is 8.42 Å². The van der Waals surface area contributed by atoms with E-state index in [2.05, 4.69) is 34.6 Å². The number of nitrogens with zero attached hydrogens (tertiary/aromatic N) is 2. The molecule has 1 fully saturated rings. The number of methoxy groups -OCH3 is 1. The zero-order valence-corrected chi connectivity index (χ0v) is 21.1. The first-order valence-corrected chi connectivity index (χ1v) is 11.6. The van der Waals surface area contributed by atoms with Crippen molar-refractivity contribution in [1.29, 1.82) is 0 Å². The molecule has 3 rings (SSSR count). The van der Waals surface area contributed by atoms with Crippen LogP contribution in [0.4, 0.5) is 0 Å². The van der Waals surface area contributed by atoms with Crippen LogP contribution in [-0.4, -0.2) is 57.0 Å². The van der Waals surface area contributed by atoms with Crippen LogP contribution in [0.2, 0.25) is 0 Å². The van der Waals surface area contributed by atoms with Crippen molar-refractivity contribution in [3.05, 3.63) is 41.3 Å². The van der Waals surface area contributed by atoms with Gasteiger partial charge in [0.1, 0.15) is 5.75 Å². The van der Waals surface area contributed by atoms with Crippen LogP contribution in [-0.2, 0) is 16.4 Å². The highest BCUT2D eigenvalue weighted by Crippen LogP contribution is 2.29. The lowest BCUT2D eigenvalue weighted by Gasteiger charge is -2.39. The van der Waals surface area contributed by atoms with Gasteiger partial charge in [0.05, 0.1) is 24.2 Å². The molecule has 9 heteroatoms. The predicted octanol–water partition coefficient (Wildman–Crippen LogP) is 3.63. The fourth-order valence-electron chi connectivity index (χ4n) is 3.21. The van der Waals surface area contributed by atoms with Gasteiger partial charge in [0.15, 0.2) is 15.8 Å². The first-order valence-electron chi connectivity index (χ1n) is 9.17. The van der Waals surface area contributed by atoms with Crippen molar-refractivity contribution in [3.63, 3.8) is 0 Å². The van der Waals surface area contributed by atoms with Gasteiger partial charge in [-0.2, -0.15) is 0 Å². The minimum absolute atomic E-state index is 0. The van der Waals surface area contributed by atoms with Crippen LogP contribution < -0.4 is 10.1 Å². The minimum atomic E-state index is -3.07. The van der Waals surface area contributed by atoms with Crippen molar-refractivity contribution in [3.8, 4) is 16.2 Å². The summed E-state index contributed by atoms with van der Waals surface area (Å²) in [5.41, 5.74) is 1.16. The number of halogens is 1. The normalized spacial score (nSPS) is 18.1. The van der Waals surface area contributed by atoms with E-state index in [1.165, 1.54) is 9.75 Å². The fourth-order valence-corrected chi connectivity index (χ4v) is 5.53. The number of benzene rings is 1. The first-order chi connectivity index (χ1) is 13.3. The van der Waals surface area contributed by atoms with Crippen LogP contribution in [0.1, 0.15) is 18.7 Å². The lowest BCUT2D eigenvalue weighted by Crippen LogP contribution is -2.57. The molecule has 2 aromatic rings. The zero-order valence-electron chi connectivity index (χ0n) is 17.1. The van der Waals surface area contributed by atoms with E-state index in [9.17, 15) is 8.42 Å². The number of aliphatic imine (C=N–C) groups is 1. The number of guanidine groups is 1. The third-order valence-electron chi connectivity index (χ3n) is 5.01. The van der Waals surface area contributed by atoms with Crippen LogP contribution in [0.3, 0.4) is 0 Å². The van der Waals surface area contributed by atoms with E-state index in [4.69, 9.17) is 4.74 Å². The standard InChI is InChI=1S/C20H27N3O3S2.HI/c1-20(2)14-23(11-12-28(20,24)25)19(21-3)22-13-17-9-10-18(27-17)15-5-7-16(26-4)8-6-15;/h5-10H,11-14H2,1-4H3,(H,21,22);1H. The molecule has 0 unspecified atom stereocenters. The van der Waals surface area contributed by atoms with Gasteiger partial charge in [0.25, 0.3) is 0 Å². The molecule has 1 aliphatic heterocycles. The van der Waals surface area contributed by atoms with Gasteiger partial charge in [-0.15, -0.1) is 35.3 Å². The summed E-state index contributed by atoms with van der Waals surface area (Å²) in [5.74, 6) is 1.74. The maximum Gasteiger partial charge on any atom is 0.194 e. The van der Waals surface area contributed by atoms with Gasteiger partial charge in [-0.3, -0.25) is 4.99 Å². The Bertz CT molecular complexity index is 954. The molecule has 1 aliphatic rings. The Kier molecular flexibility index (Phi) is 7.97. The van der Waals surface area contributed by atoms with Gasteiger partial charge in [0, 0.05) is 29.9 Å². The number of nitrogens with one attached hydrogen (secondary N) is 1. The van der Waals surface area contributed by atoms with E-state index < -0.39 is 14.6 Å². The molecule has 1 aromatic carbocycles. The summed E-state index contributed by atoms with van der Waals surface area (Å²) in [4.78, 5) is 8.76. The Balaban J connectivity index is 0.00000300. The number of sulfone groups is 1. The van der Waals surface area contributed by atoms with Gasteiger partial charge < -0.3 is 15.0 Å². The van der Waals surface area contributed by atoms with Crippen LogP contribution in [0, 0.1) is 0 Å². The molecule has 1 N–H and O–H groups in total. The van der Waals surface area contributed by atoms with E-state index in [-0.39, 0.29) is 29.7 Å². The number of thiophene rings is 1. The summed E-state index contributed by atoms with van der Waals surface area (Å²) < 4.78 is 28.9. The number of rotatable bonds is 4. The molecule has 0 spiro atoms. The lowest BCUT2D eigenvalue weighted by atomic mass is 10.2. The Morgan fingerprint density at radius 2 is 1.93 bits per heavy atom. The van der Waals surface area contributed by atoms with Crippen LogP contribution >= 0.6 is 35.3 Å². The van der Waals surface area contributed by atoms with Crippen LogP contribution in [0.25, 0.3) is 10.4 Å². The van der Waals surface area contributed by atoms with Crippen LogP contribution in [0.15, 0.2) is 41.4 Å². The molecule has 0 amide bonds. The zero-order chi connectivity index (χ0) is 20.4. The van der Waals surface area contributed by atoms with Crippen LogP contribution in [0.5, 0.6) is 5.75 Å². The molecule has 0 bridgehead atoms. The molecule has 0 aliphatic carbocycles.